The number of carbonyl (C=O) groups excluding carboxylic acids is 1. The fourth-order valence-electron chi connectivity index (χ4n) is 2.14. The summed E-state index contributed by atoms with van der Waals surface area (Å²) in [7, 11) is 3.40. The van der Waals surface area contributed by atoms with Crippen LogP contribution in [0.1, 0.15) is 30.3 Å². The average molecular weight is 277 g/mol. The van der Waals surface area contributed by atoms with Crippen molar-refractivity contribution in [1.29, 1.82) is 0 Å². The van der Waals surface area contributed by atoms with E-state index in [-0.39, 0.29) is 5.91 Å². The van der Waals surface area contributed by atoms with Crippen molar-refractivity contribution in [3.8, 4) is 0 Å². The summed E-state index contributed by atoms with van der Waals surface area (Å²) in [6.45, 7) is 5.15. The minimum absolute atomic E-state index is 0.130. The molecule has 0 spiro atoms. The minimum atomic E-state index is -0.130. The fourth-order valence-corrected chi connectivity index (χ4v) is 2.14. The van der Waals surface area contributed by atoms with E-state index in [1.807, 2.05) is 0 Å². The monoisotopic (exact) mass is 277 g/mol. The van der Waals surface area contributed by atoms with Crippen LogP contribution >= 0.6 is 0 Å². The van der Waals surface area contributed by atoms with Gasteiger partial charge in [0.25, 0.3) is 5.91 Å². The van der Waals surface area contributed by atoms with Crippen LogP contribution < -0.4 is 5.32 Å². The Kier molecular flexibility index (Phi) is 4.89. The molecule has 0 aliphatic heterocycles. The van der Waals surface area contributed by atoms with E-state index in [9.17, 15) is 4.79 Å². The third kappa shape index (κ3) is 3.90. The van der Waals surface area contributed by atoms with Crippen LogP contribution in [0.5, 0.6) is 0 Å². The van der Waals surface area contributed by atoms with Crippen molar-refractivity contribution >= 4 is 11.7 Å². The summed E-state index contributed by atoms with van der Waals surface area (Å²) in [5, 5.41) is 11.2. The van der Waals surface area contributed by atoms with E-state index in [1.165, 1.54) is 17.7 Å². The lowest BCUT2D eigenvalue weighted by Crippen LogP contribution is -2.31. The summed E-state index contributed by atoms with van der Waals surface area (Å²) in [6.07, 6.45) is 2.66. The summed E-state index contributed by atoms with van der Waals surface area (Å²) in [4.78, 5) is 15.6. The molecule has 1 amide bonds. The summed E-state index contributed by atoms with van der Waals surface area (Å²) >= 11 is 0. The normalized spacial score (nSPS) is 14.4. The van der Waals surface area contributed by atoms with Crippen molar-refractivity contribution < 1.29 is 4.79 Å². The Morgan fingerprint density at radius 1 is 1.35 bits per heavy atom. The van der Waals surface area contributed by atoms with Crippen molar-refractivity contribution in [3.05, 3.63) is 17.8 Å². The Morgan fingerprint density at radius 2 is 2.10 bits per heavy atom. The van der Waals surface area contributed by atoms with Gasteiger partial charge < -0.3 is 10.2 Å². The molecule has 1 aliphatic carbocycles. The molecule has 2 rings (SSSR count). The first-order valence-corrected chi connectivity index (χ1v) is 7.15. The van der Waals surface area contributed by atoms with Gasteiger partial charge in [-0.05, 0) is 31.5 Å². The molecule has 1 saturated carbocycles. The maximum atomic E-state index is 11.7. The number of nitrogens with zero attached hydrogens (tertiary/aromatic N) is 4. The third-order valence-electron chi connectivity index (χ3n) is 3.46. The second-order valence-corrected chi connectivity index (χ2v) is 5.29. The lowest BCUT2D eigenvalue weighted by Gasteiger charge is -2.19. The fraction of sp³-hybridized carbons (Fsp3) is 0.643. The Hall–Kier alpha value is -1.69. The van der Waals surface area contributed by atoms with E-state index in [4.69, 9.17) is 0 Å². The zero-order valence-electron chi connectivity index (χ0n) is 12.5. The molecule has 6 heteroatoms. The van der Waals surface area contributed by atoms with Crippen LogP contribution in [0.4, 0.5) is 5.82 Å². The van der Waals surface area contributed by atoms with Gasteiger partial charge in [-0.15, -0.1) is 10.2 Å². The van der Waals surface area contributed by atoms with Gasteiger partial charge in [-0.3, -0.25) is 9.69 Å². The van der Waals surface area contributed by atoms with Gasteiger partial charge in [-0.1, -0.05) is 6.92 Å². The van der Waals surface area contributed by atoms with Crippen molar-refractivity contribution in [2.45, 2.75) is 25.8 Å². The van der Waals surface area contributed by atoms with E-state index in [0.29, 0.717) is 11.5 Å². The van der Waals surface area contributed by atoms with Crippen LogP contribution in [-0.2, 0) is 0 Å². The van der Waals surface area contributed by atoms with Gasteiger partial charge in [0.1, 0.15) is 5.82 Å². The summed E-state index contributed by atoms with van der Waals surface area (Å²) in [5.41, 5.74) is 0.369. The first kappa shape index (κ1) is 14.7. The largest absolute Gasteiger partial charge is 0.367 e. The van der Waals surface area contributed by atoms with Gasteiger partial charge in [0.2, 0.25) is 0 Å². The predicted octanol–water partition coefficient (Wildman–Crippen LogP) is 1.07. The molecule has 1 fully saturated rings. The molecule has 1 aromatic heterocycles. The maximum absolute atomic E-state index is 11.7. The molecule has 20 heavy (non-hydrogen) atoms. The van der Waals surface area contributed by atoms with E-state index in [1.54, 1.807) is 26.2 Å². The molecule has 0 aromatic carbocycles. The van der Waals surface area contributed by atoms with Gasteiger partial charge in [-0.25, -0.2) is 0 Å². The highest BCUT2D eigenvalue weighted by Crippen LogP contribution is 2.25. The Morgan fingerprint density at radius 3 is 2.60 bits per heavy atom. The molecule has 0 saturated heterocycles. The van der Waals surface area contributed by atoms with Crippen LogP contribution in [0, 0.1) is 0 Å². The standard InChI is InChI=1S/C14H23N5O/c1-4-19(11-5-6-11)10-9-15-13-8-7-12(16-17-13)14(20)18(2)3/h7-8,11H,4-6,9-10H2,1-3H3,(H,15,17). The molecular weight excluding hydrogens is 254 g/mol. The number of aromatic nitrogens is 2. The quantitative estimate of drug-likeness (QED) is 0.808. The van der Waals surface area contributed by atoms with Gasteiger partial charge in [-0.2, -0.15) is 0 Å². The first-order valence-electron chi connectivity index (χ1n) is 7.15. The molecule has 110 valence electrons. The Bertz CT molecular complexity index is 441. The Labute approximate surface area is 120 Å². The van der Waals surface area contributed by atoms with Crippen molar-refractivity contribution in [2.75, 3.05) is 39.0 Å². The summed E-state index contributed by atoms with van der Waals surface area (Å²) in [5.74, 6) is 0.585. The SMILES string of the molecule is CCN(CCNc1ccc(C(=O)N(C)C)nn1)C1CC1. The van der Waals surface area contributed by atoms with E-state index in [2.05, 4.69) is 27.3 Å². The van der Waals surface area contributed by atoms with Crippen molar-refractivity contribution in [2.24, 2.45) is 0 Å². The highest BCUT2D eigenvalue weighted by Gasteiger charge is 2.27. The molecule has 0 radical (unpaired) electrons. The maximum Gasteiger partial charge on any atom is 0.273 e. The van der Waals surface area contributed by atoms with Crippen LogP contribution in [0.15, 0.2) is 12.1 Å². The highest BCUT2D eigenvalue weighted by molar-refractivity contribution is 5.91. The number of rotatable bonds is 7. The lowest BCUT2D eigenvalue weighted by molar-refractivity contribution is 0.0821. The molecule has 6 nitrogen and oxygen atoms in total. The number of likely N-dealkylation sites (N-methyl/N-ethyl adjacent to an activating group) is 1. The zero-order chi connectivity index (χ0) is 14.5. The number of nitrogens with one attached hydrogen (secondary N) is 1. The second kappa shape index (κ2) is 6.65. The molecule has 0 unspecified atom stereocenters. The van der Waals surface area contributed by atoms with Gasteiger partial charge in [0.15, 0.2) is 5.69 Å². The van der Waals surface area contributed by atoms with Gasteiger partial charge >= 0.3 is 0 Å². The lowest BCUT2D eigenvalue weighted by atomic mass is 10.3. The number of amides is 1. The van der Waals surface area contributed by atoms with Crippen molar-refractivity contribution in [1.82, 2.24) is 20.0 Å². The smallest absolute Gasteiger partial charge is 0.273 e. The number of carbonyl (C=O) groups is 1. The zero-order valence-corrected chi connectivity index (χ0v) is 12.5. The summed E-state index contributed by atoms with van der Waals surface area (Å²) in [6, 6.07) is 4.29. The minimum Gasteiger partial charge on any atom is -0.367 e. The van der Waals surface area contributed by atoms with E-state index < -0.39 is 0 Å². The molecule has 1 aliphatic rings. The highest BCUT2D eigenvalue weighted by atomic mass is 16.2. The van der Waals surface area contributed by atoms with Gasteiger partial charge in [0.05, 0.1) is 0 Å². The predicted molar refractivity (Wildman–Crippen MR) is 78.8 cm³/mol. The molecule has 0 bridgehead atoms. The third-order valence-corrected chi connectivity index (χ3v) is 3.46. The average Bonchev–Trinajstić information content (AvgIpc) is 3.28. The van der Waals surface area contributed by atoms with Crippen LogP contribution in [0.3, 0.4) is 0 Å². The summed E-state index contributed by atoms with van der Waals surface area (Å²) < 4.78 is 0. The topological polar surface area (TPSA) is 61.4 Å². The molecule has 1 N–H and O–H groups in total. The molecule has 1 aromatic rings. The molecule has 0 atom stereocenters. The molecule has 1 heterocycles. The van der Waals surface area contributed by atoms with Crippen LogP contribution in [0.2, 0.25) is 0 Å². The number of hydrogen-bond acceptors (Lipinski definition) is 5. The van der Waals surface area contributed by atoms with Gasteiger partial charge in [0, 0.05) is 33.2 Å². The second-order valence-electron chi connectivity index (χ2n) is 5.29. The van der Waals surface area contributed by atoms with E-state index >= 15 is 0 Å². The number of anilines is 1. The van der Waals surface area contributed by atoms with Crippen molar-refractivity contribution in [3.63, 3.8) is 0 Å². The number of hydrogen-bond donors (Lipinski definition) is 1. The first-order chi connectivity index (χ1) is 9.61. The van der Waals surface area contributed by atoms with Crippen LogP contribution in [-0.4, -0.2) is 65.7 Å². The van der Waals surface area contributed by atoms with E-state index in [0.717, 1.165) is 25.7 Å². The Balaban J connectivity index is 1.80. The van der Waals surface area contributed by atoms with Crippen LogP contribution in [0.25, 0.3) is 0 Å². The molecular formula is C14H23N5O.